The SMILES string of the molecule is NCCCC[C@H](N)C(=O)O.[GeH4]. The number of carbonyl (C=O) groups is 1. The van der Waals surface area contributed by atoms with Gasteiger partial charge in [0.2, 0.25) is 0 Å². The molecule has 4 nitrogen and oxygen atoms in total. The van der Waals surface area contributed by atoms with Crippen molar-refractivity contribution in [2.75, 3.05) is 6.54 Å². The van der Waals surface area contributed by atoms with E-state index < -0.39 is 12.0 Å². The van der Waals surface area contributed by atoms with E-state index in [1.807, 2.05) is 0 Å². The Balaban J connectivity index is 0. The molecule has 68 valence electrons. The van der Waals surface area contributed by atoms with E-state index in [0.717, 1.165) is 12.8 Å². The van der Waals surface area contributed by atoms with Crippen LogP contribution in [-0.2, 0) is 4.79 Å². The van der Waals surface area contributed by atoms with Gasteiger partial charge in [-0.15, -0.1) is 0 Å². The molecule has 0 rings (SSSR count). The minimum atomic E-state index is -0.933. The first-order valence-electron chi connectivity index (χ1n) is 3.37. The molecule has 0 spiro atoms. The van der Waals surface area contributed by atoms with E-state index in [0.29, 0.717) is 13.0 Å². The van der Waals surface area contributed by atoms with Crippen molar-refractivity contribution in [2.24, 2.45) is 11.5 Å². The van der Waals surface area contributed by atoms with Crippen molar-refractivity contribution in [1.82, 2.24) is 0 Å². The van der Waals surface area contributed by atoms with Gasteiger partial charge in [-0.25, -0.2) is 0 Å². The zero-order valence-corrected chi connectivity index (χ0v) is 5.92. The van der Waals surface area contributed by atoms with E-state index in [2.05, 4.69) is 0 Å². The van der Waals surface area contributed by atoms with Crippen molar-refractivity contribution in [3.8, 4) is 0 Å². The summed E-state index contributed by atoms with van der Waals surface area (Å²) in [6, 6.07) is -0.716. The van der Waals surface area contributed by atoms with E-state index in [1.54, 1.807) is 0 Å². The molecule has 5 N–H and O–H groups in total. The van der Waals surface area contributed by atoms with Crippen LogP contribution in [-0.4, -0.2) is 41.3 Å². The number of hydrogen-bond acceptors (Lipinski definition) is 3. The number of carboxylic acids is 1. The van der Waals surface area contributed by atoms with Gasteiger partial charge in [0.05, 0.1) is 0 Å². The fraction of sp³-hybridized carbons (Fsp3) is 0.833. The van der Waals surface area contributed by atoms with E-state index in [-0.39, 0.29) is 17.6 Å². The molecule has 0 radical (unpaired) electrons. The number of aliphatic carboxylic acids is 1. The summed E-state index contributed by atoms with van der Waals surface area (Å²) in [7, 11) is 0. The van der Waals surface area contributed by atoms with Gasteiger partial charge in [-0.1, -0.05) is 6.42 Å². The summed E-state index contributed by atoms with van der Waals surface area (Å²) >= 11 is 0. The normalized spacial score (nSPS) is 11.8. The van der Waals surface area contributed by atoms with Gasteiger partial charge in [0.1, 0.15) is 6.04 Å². The molecule has 0 amide bonds. The van der Waals surface area contributed by atoms with Crippen molar-refractivity contribution in [2.45, 2.75) is 25.3 Å². The van der Waals surface area contributed by atoms with Crippen molar-refractivity contribution < 1.29 is 9.90 Å². The molecule has 0 fully saturated rings. The quantitative estimate of drug-likeness (QED) is 0.374. The number of rotatable bonds is 5. The molecule has 0 heterocycles. The molecule has 0 unspecified atom stereocenters. The maximum atomic E-state index is 10.1. The zero-order chi connectivity index (χ0) is 7.98. The molecule has 0 aromatic heterocycles. The molecule has 11 heavy (non-hydrogen) atoms. The molecule has 1 atom stereocenters. The third kappa shape index (κ3) is 7.83. The Morgan fingerprint density at radius 2 is 2.00 bits per heavy atom. The van der Waals surface area contributed by atoms with E-state index >= 15 is 0 Å². The first-order chi connectivity index (χ1) is 4.68. The molecule has 0 saturated heterocycles. The molecular formula is C6H18GeN2O2. The van der Waals surface area contributed by atoms with Crippen LogP contribution in [0.2, 0.25) is 0 Å². The second-order valence-electron chi connectivity index (χ2n) is 2.23. The van der Waals surface area contributed by atoms with Crippen LogP contribution in [0.3, 0.4) is 0 Å². The Morgan fingerprint density at radius 1 is 1.45 bits per heavy atom. The minimum absolute atomic E-state index is 0. The van der Waals surface area contributed by atoms with Crippen molar-refractivity contribution in [1.29, 1.82) is 0 Å². The van der Waals surface area contributed by atoms with E-state index in [1.165, 1.54) is 0 Å². The summed E-state index contributed by atoms with van der Waals surface area (Å²) in [5.41, 5.74) is 10.4. The molecule has 0 aromatic rings. The Hall–Kier alpha value is -0.0671. The Morgan fingerprint density at radius 3 is 2.36 bits per heavy atom. The second-order valence-corrected chi connectivity index (χ2v) is 2.23. The Kier molecular flexibility index (Phi) is 9.87. The summed E-state index contributed by atoms with van der Waals surface area (Å²) < 4.78 is 0. The van der Waals surface area contributed by atoms with Crippen LogP contribution in [0.25, 0.3) is 0 Å². The summed E-state index contributed by atoms with van der Waals surface area (Å²) in [5, 5.41) is 8.33. The predicted octanol–water partition coefficient (Wildman–Crippen LogP) is -1.92. The monoisotopic (exact) mass is 224 g/mol. The molecule has 5 heteroatoms. The van der Waals surface area contributed by atoms with Gasteiger partial charge >= 0.3 is 23.6 Å². The third-order valence-corrected chi connectivity index (χ3v) is 1.29. The topological polar surface area (TPSA) is 89.3 Å². The molecule has 0 aliphatic heterocycles. The van der Waals surface area contributed by atoms with Gasteiger partial charge < -0.3 is 16.6 Å². The summed E-state index contributed by atoms with van der Waals surface area (Å²) in [5.74, 6) is -0.933. The molecule has 0 aromatic carbocycles. The maximum absolute atomic E-state index is 10.1. The van der Waals surface area contributed by atoms with Gasteiger partial charge in [-0.2, -0.15) is 0 Å². The summed E-state index contributed by atoms with van der Waals surface area (Å²) in [6.45, 7) is 0.604. The fourth-order valence-electron chi connectivity index (χ4n) is 0.632. The van der Waals surface area contributed by atoms with Crippen LogP contribution in [0, 0.1) is 0 Å². The summed E-state index contributed by atoms with van der Waals surface area (Å²) in [4.78, 5) is 10.1. The van der Waals surface area contributed by atoms with Crippen LogP contribution in [0.4, 0.5) is 0 Å². The standard InChI is InChI=1S/C6H14N2O2.GeH4/c7-4-2-1-3-5(8)6(9)10;/h5H,1-4,7-8H2,(H,9,10);1H4/t5-;/m0./s1. The van der Waals surface area contributed by atoms with Gasteiger partial charge in [0.25, 0.3) is 0 Å². The fourth-order valence-corrected chi connectivity index (χ4v) is 0.632. The van der Waals surface area contributed by atoms with E-state index in [4.69, 9.17) is 16.6 Å². The van der Waals surface area contributed by atoms with Gasteiger partial charge in [-0.05, 0) is 19.4 Å². The van der Waals surface area contributed by atoms with Crippen LogP contribution < -0.4 is 11.5 Å². The number of unbranched alkanes of at least 4 members (excludes halogenated alkanes) is 1. The van der Waals surface area contributed by atoms with Crippen LogP contribution >= 0.6 is 0 Å². The Bertz CT molecular complexity index is 111. The first-order valence-corrected chi connectivity index (χ1v) is 3.37. The predicted molar refractivity (Wildman–Crippen MR) is 49.9 cm³/mol. The molecule has 0 bridgehead atoms. The molecule has 0 aliphatic rings. The van der Waals surface area contributed by atoms with Crippen molar-refractivity contribution in [3.63, 3.8) is 0 Å². The summed E-state index contributed by atoms with van der Waals surface area (Å²) in [6.07, 6.45) is 2.16. The van der Waals surface area contributed by atoms with Gasteiger partial charge in [0, 0.05) is 0 Å². The van der Waals surface area contributed by atoms with E-state index in [9.17, 15) is 4.79 Å². The molecule has 0 saturated carbocycles. The molecule has 0 aliphatic carbocycles. The van der Waals surface area contributed by atoms with Crippen molar-refractivity contribution in [3.05, 3.63) is 0 Å². The first kappa shape index (κ1) is 13.5. The third-order valence-electron chi connectivity index (χ3n) is 1.29. The average Bonchev–Trinajstić information content (AvgIpc) is 1.88. The second kappa shape index (κ2) is 8.03. The average molecular weight is 223 g/mol. The molecular weight excluding hydrogens is 205 g/mol. The van der Waals surface area contributed by atoms with Gasteiger partial charge in [0.15, 0.2) is 0 Å². The number of carboxylic acid groups (broad SMARTS) is 1. The Labute approximate surface area is 77.3 Å². The van der Waals surface area contributed by atoms with Crippen LogP contribution in [0.15, 0.2) is 0 Å². The van der Waals surface area contributed by atoms with Crippen LogP contribution in [0.1, 0.15) is 19.3 Å². The number of hydrogen-bond donors (Lipinski definition) is 3. The number of nitrogens with two attached hydrogens (primary N) is 2. The van der Waals surface area contributed by atoms with Crippen molar-refractivity contribution >= 4 is 23.6 Å². The van der Waals surface area contributed by atoms with Gasteiger partial charge in [-0.3, -0.25) is 4.79 Å². The zero-order valence-electron chi connectivity index (χ0n) is 5.92. The van der Waals surface area contributed by atoms with Crippen LogP contribution in [0.5, 0.6) is 0 Å².